The van der Waals surface area contributed by atoms with Gasteiger partial charge in [0.15, 0.2) is 6.10 Å². The van der Waals surface area contributed by atoms with Crippen LogP contribution in [0.4, 0.5) is 4.79 Å². The summed E-state index contributed by atoms with van der Waals surface area (Å²) < 4.78 is 21.5. The van der Waals surface area contributed by atoms with Crippen molar-refractivity contribution in [3.05, 3.63) is 85.1 Å². The van der Waals surface area contributed by atoms with Gasteiger partial charge in [-0.25, -0.2) is 9.59 Å². The molecule has 3 rings (SSSR count). The Kier molecular flexibility index (Phi) is 12.1. The standard InChI is InChI=1S/C26H29N3O12S/c1-18(38-25(30)17-36-15-20(41-29(34)35)16-37-28(32)33)39-26(31)27(2)13-12-23(24-11-6-14-42-24)40-22-10-5-8-19-7-3-4-9-21(19)22/h3-11,14,18,20,23H,12-13,15-17H2,1-2H3. The van der Waals surface area contributed by atoms with E-state index in [1.54, 1.807) is 11.3 Å². The average Bonchev–Trinajstić information content (AvgIpc) is 3.48. The molecule has 0 spiro atoms. The van der Waals surface area contributed by atoms with Crippen LogP contribution in [0.25, 0.3) is 10.8 Å². The van der Waals surface area contributed by atoms with Crippen LogP contribution in [0.2, 0.25) is 0 Å². The van der Waals surface area contributed by atoms with Crippen molar-refractivity contribution in [2.45, 2.75) is 31.8 Å². The van der Waals surface area contributed by atoms with Crippen molar-refractivity contribution in [1.82, 2.24) is 4.90 Å². The molecule has 15 nitrogen and oxygen atoms in total. The summed E-state index contributed by atoms with van der Waals surface area (Å²) >= 11 is 1.54. The van der Waals surface area contributed by atoms with Crippen LogP contribution in [-0.2, 0) is 28.7 Å². The third kappa shape index (κ3) is 10.4. The predicted octanol–water partition coefficient (Wildman–Crippen LogP) is 4.17. The van der Waals surface area contributed by atoms with E-state index in [9.17, 15) is 29.8 Å². The second-order valence-electron chi connectivity index (χ2n) is 8.74. The van der Waals surface area contributed by atoms with Gasteiger partial charge in [-0.2, -0.15) is 0 Å². The van der Waals surface area contributed by atoms with Gasteiger partial charge in [-0.3, -0.25) is 0 Å². The first kappa shape index (κ1) is 31.8. The third-order valence-electron chi connectivity index (χ3n) is 5.61. The van der Waals surface area contributed by atoms with E-state index in [0.29, 0.717) is 6.42 Å². The summed E-state index contributed by atoms with van der Waals surface area (Å²) in [5.74, 6) is -0.227. The molecular formula is C26H29N3O12S. The van der Waals surface area contributed by atoms with Crippen molar-refractivity contribution in [2.75, 3.05) is 33.4 Å². The summed E-state index contributed by atoms with van der Waals surface area (Å²) in [5.41, 5.74) is 0. The summed E-state index contributed by atoms with van der Waals surface area (Å²) in [4.78, 5) is 55.9. The quantitative estimate of drug-likeness (QED) is 0.0926. The molecule has 2 aromatic carbocycles. The lowest BCUT2D eigenvalue weighted by Gasteiger charge is -2.24. The number of rotatable bonds is 17. The zero-order valence-corrected chi connectivity index (χ0v) is 23.5. The number of hydrogen-bond acceptors (Lipinski definition) is 13. The summed E-state index contributed by atoms with van der Waals surface area (Å²) in [5, 5.41) is 22.4. The lowest BCUT2D eigenvalue weighted by Crippen LogP contribution is -2.34. The second kappa shape index (κ2) is 15.9. The SMILES string of the molecule is CC(OC(=O)COCC(CO[N+](=O)[O-])O[N+](=O)[O-])OC(=O)N(C)CCC(Oc1cccc2ccccc12)c1cccs1. The minimum absolute atomic E-state index is 0.264. The van der Waals surface area contributed by atoms with Crippen LogP contribution in [-0.4, -0.2) is 72.9 Å². The summed E-state index contributed by atoms with van der Waals surface area (Å²) in [6, 6.07) is 17.6. The smallest absolute Gasteiger partial charge is 0.412 e. The Morgan fingerprint density at radius 3 is 2.45 bits per heavy atom. The molecule has 0 fully saturated rings. The number of hydrogen-bond donors (Lipinski definition) is 0. The van der Waals surface area contributed by atoms with E-state index < -0.39 is 54.5 Å². The van der Waals surface area contributed by atoms with Gasteiger partial charge in [0.2, 0.25) is 6.29 Å². The predicted molar refractivity (Wildman–Crippen MR) is 147 cm³/mol. The minimum atomic E-state index is -1.45. The molecule has 3 unspecified atom stereocenters. The Balaban J connectivity index is 1.46. The Hall–Kier alpha value is -4.70. The molecule has 0 aliphatic carbocycles. The van der Waals surface area contributed by atoms with Gasteiger partial charge in [-0.05, 0) is 22.9 Å². The number of amides is 1. The number of esters is 1. The molecule has 16 heteroatoms. The molecule has 0 saturated carbocycles. The largest absolute Gasteiger partial charge is 0.484 e. The molecule has 0 aliphatic heterocycles. The van der Waals surface area contributed by atoms with Gasteiger partial charge < -0.3 is 33.5 Å². The van der Waals surface area contributed by atoms with E-state index in [4.69, 9.17) is 18.9 Å². The summed E-state index contributed by atoms with van der Waals surface area (Å²) in [6.45, 7) is -0.468. The van der Waals surface area contributed by atoms with E-state index in [1.807, 2.05) is 60.0 Å². The van der Waals surface area contributed by atoms with Crippen LogP contribution < -0.4 is 4.74 Å². The first-order valence-corrected chi connectivity index (χ1v) is 13.5. The Morgan fingerprint density at radius 2 is 1.74 bits per heavy atom. The highest BCUT2D eigenvalue weighted by Crippen LogP contribution is 2.33. The molecular weight excluding hydrogens is 578 g/mol. The van der Waals surface area contributed by atoms with E-state index >= 15 is 0 Å². The van der Waals surface area contributed by atoms with E-state index in [0.717, 1.165) is 21.4 Å². The first-order valence-electron chi connectivity index (χ1n) is 12.6. The Morgan fingerprint density at radius 1 is 0.976 bits per heavy atom. The maximum Gasteiger partial charge on any atom is 0.412 e. The average molecular weight is 608 g/mol. The fourth-order valence-electron chi connectivity index (χ4n) is 3.71. The van der Waals surface area contributed by atoms with Gasteiger partial charge in [-0.1, -0.05) is 42.5 Å². The van der Waals surface area contributed by atoms with Crippen LogP contribution in [0.5, 0.6) is 5.75 Å². The number of thiophene rings is 1. The van der Waals surface area contributed by atoms with Crippen LogP contribution >= 0.6 is 11.3 Å². The number of benzene rings is 2. The topological polar surface area (TPSA) is 179 Å². The molecule has 1 amide bonds. The number of ether oxygens (including phenoxy) is 4. The highest BCUT2D eigenvalue weighted by Gasteiger charge is 2.22. The molecule has 1 aromatic heterocycles. The van der Waals surface area contributed by atoms with E-state index in [-0.39, 0.29) is 12.6 Å². The van der Waals surface area contributed by atoms with E-state index in [1.165, 1.54) is 18.9 Å². The van der Waals surface area contributed by atoms with Crippen LogP contribution in [0, 0.1) is 20.2 Å². The fraction of sp³-hybridized carbons (Fsp3) is 0.385. The molecule has 0 aliphatic rings. The highest BCUT2D eigenvalue weighted by atomic mass is 32.1. The third-order valence-corrected chi connectivity index (χ3v) is 6.57. The summed E-state index contributed by atoms with van der Waals surface area (Å²) in [6.07, 6.45) is -3.37. The molecule has 1 heterocycles. The normalized spacial score (nSPS) is 12.9. The van der Waals surface area contributed by atoms with Gasteiger partial charge in [0, 0.05) is 37.2 Å². The second-order valence-corrected chi connectivity index (χ2v) is 9.72. The fourth-order valence-corrected chi connectivity index (χ4v) is 4.50. The van der Waals surface area contributed by atoms with Crippen molar-refractivity contribution in [3.8, 4) is 5.75 Å². The Bertz CT molecular complexity index is 1330. The van der Waals surface area contributed by atoms with E-state index in [2.05, 4.69) is 9.68 Å². The van der Waals surface area contributed by atoms with Gasteiger partial charge in [0.05, 0.1) is 6.61 Å². The molecule has 3 atom stereocenters. The summed E-state index contributed by atoms with van der Waals surface area (Å²) in [7, 11) is 1.53. The van der Waals surface area contributed by atoms with Crippen molar-refractivity contribution >= 4 is 34.2 Å². The lowest BCUT2D eigenvalue weighted by atomic mass is 10.1. The number of nitrogens with zero attached hydrogens (tertiary/aromatic N) is 3. The molecule has 0 saturated heterocycles. The first-order chi connectivity index (χ1) is 20.1. The van der Waals surface area contributed by atoms with Crippen LogP contribution in [0.15, 0.2) is 60.0 Å². The lowest BCUT2D eigenvalue weighted by molar-refractivity contribution is -0.790. The molecule has 42 heavy (non-hydrogen) atoms. The monoisotopic (exact) mass is 607 g/mol. The van der Waals surface area contributed by atoms with Gasteiger partial charge in [0.1, 0.15) is 25.1 Å². The van der Waals surface area contributed by atoms with Crippen molar-refractivity contribution in [2.24, 2.45) is 0 Å². The van der Waals surface area contributed by atoms with Crippen molar-refractivity contribution in [1.29, 1.82) is 0 Å². The zero-order valence-electron chi connectivity index (χ0n) is 22.7. The van der Waals surface area contributed by atoms with Gasteiger partial charge >= 0.3 is 12.1 Å². The molecule has 0 bridgehead atoms. The molecule has 226 valence electrons. The van der Waals surface area contributed by atoms with Gasteiger partial charge in [0.25, 0.3) is 10.2 Å². The van der Waals surface area contributed by atoms with Crippen LogP contribution in [0.3, 0.4) is 0 Å². The highest BCUT2D eigenvalue weighted by molar-refractivity contribution is 7.10. The van der Waals surface area contributed by atoms with Crippen LogP contribution in [0.1, 0.15) is 24.3 Å². The maximum atomic E-state index is 12.6. The number of carbonyl (C=O) groups is 2. The molecule has 0 N–H and O–H groups in total. The minimum Gasteiger partial charge on any atom is -0.484 e. The van der Waals surface area contributed by atoms with Crippen molar-refractivity contribution < 1.29 is 48.4 Å². The zero-order chi connectivity index (χ0) is 30.5. The van der Waals surface area contributed by atoms with Crippen molar-refractivity contribution in [3.63, 3.8) is 0 Å². The Labute approximate surface area is 243 Å². The number of carbonyl (C=O) groups excluding carboxylic acids is 2. The molecule has 0 radical (unpaired) electrons. The maximum absolute atomic E-state index is 12.6. The molecule has 3 aromatic rings. The number of fused-ring (bicyclic) bond motifs is 1. The van der Waals surface area contributed by atoms with Gasteiger partial charge in [-0.15, -0.1) is 31.6 Å².